The first-order valence-electron chi connectivity index (χ1n) is 8.81. The molecule has 0 atom stereocenters. The monoisotopic (exact) mass is 368 g/mol. The van der Waals surface area contributed by atoms with Crippen molar-refractivity contribution in [3.63, 3.8) is 0 Å². The Bertz CT molecular complexity index is 838. The summed E-state index contributed by atoms with van der Waals surface area (Å²) < 4.78 is 26.5. The van der Waals surface area contributed by atoms with Crippen LogP contribution in [-0.4, -0.2) is 50.3 Å². The Kier molecular flexibility index (Phi) is 6.39. The Morgan fingerprint density at radius 3 is 1.88 bits per heavy atom. The van der Waals surface area contributed by atoms with Crippen LogP contribution in [0.1, 0.15) is 11.1 Å². The van der Waals surface area contributed by atoms with Gasteiger partial charge in [0.15, 0.2) is 0 Å². The van der Waals surface area contributed by atoms with E-state index in [4.69, 9.17) is 0 Å². The first-order chi connectivity index (χ1) is 12.6. The van der Waals surface area contributed by atoms with Gasteiger partial charge in [0.25, 0.3) is 0 Å². The maximum Gasteiger partial charge on any atom is 0.236 e. The van der Waals surface area contributed by atoms with E-state index >= 15 is 0 Å². The standard InChI is InChI=1S/C21H24N2O2S/c24-26(25,19-13-21-10-5-2-6-11-21)23-17-15-22(16-18-23)14-7-12-20-8-3-1-4-9-20/h1-13,19H,14-18H2/b12-7-,19-13+. The Labute approximate surface area is 156 Å². The highest BCUT2D eigenvalue weighted by Gasteiger charge is 2.24. The first-order valence-corrected chi connectivity index (χ1v) is 10.3. The molecule has 0 aliphatic carbocycles. The van der Waals surface area contributed by atoms with Gasteiger partial charge in [0.2, 0.25) is 10.0 Å². The third-order valence-electron chi connectivity index (χ3n) is 4.40. The van der Waals surface area contributed by atoms with Crippen LogP contribution in [0.2, 0.25) is 0 Å². The molecular weight excluding hydrogens is 344 g/mol. The normalized spacial score (nSPS) is 17.2. The smallest absolute Gasteiger partial charge is 0.236 e. The van der Waals surface area contributed by atoms with Gasteiger partial charge in [-0.3, -0.25) is 4.90 Å². The second-order valence-electron chi connectivity index (χ2n) is 6.27. The lowest BCUT2D eigenvalue weighted by Crippen LogP contribution is -2.47. The Hall–Kier alpha value is -2.21. The van der Waals surface area contributed by atoms with Crippen molar-refractivity contribution < 1.29 is 8.42 Å². The summed E-state index contributed by atoms with van der Waals surface area (Å²) in [6, 6.07) is 19.7. The number of nitrogens with zero attached hydrogens (tertiary/aromatic N) is 2. The minimum atomic E-state index is -3.36. The van der Waals surface area contributed by atoms with E-state index in [0.717, 1.165) is 25.2 Å². The van der Waals surface area contributed by atoms with Gasteiger partial charge in [0.1, 0.15) is 0 Å². The Morgan fingerprint density at radius 1 is 0.769 bits per heavy atom. The molecule has 0 saturated carbocycles. The topological polar surface area (TPSA) is 40.6 Å². The minimum absolute atomic E-state index is 0.528. The SMILES string of the molecule is O=S(=O)(/C=C/c1ccccc1)N1CCN(C/C=C\c2ccccc2)CC1. The maximum absolute atomic E-state index is 12.5. The summed E-state index contributed by atoms with van der Waals surface area (Å²) in [5.74, 6) is 0. The van der Waals surface area contributed by atoms with E-state index in [0.29, 0.717) is 13.1 Å². The van der Waals surface area contributed by atoms with Gasteiger partial charge in [0, 0.05) is 38.1 Å². The van der Waals surface area contributed by atoms with Gasteiger partial charge in [-0.1, -0.05) is 72.8 Å². The van der Waals surface area contributed by atoms with Crippen LogP contribution in [0.4, 0.5) is 0 Å². The van der Waals surface area contributed by atoms with Gasteiger partial charge >= 0.3 is 0 Å². The average molecular weight is 369 g/mol. The van der Waals surface area contributed by atoms with Crippen LogP contribution in [-0.2, 0) is 10.0 Å². The Balaban J connectivity index is 1.50. The van der Waals surface area contributed by atoms with Gasteiger partial charge in [0.05, 0.1) is 0 Å². The fourth-order valence-electron chi connectivity index (χ4n) is 2.88. The number of hydrogen-bond acceptors (Lipinski definition) is 3. The highest BCUT2D eigenvalue weighted by atomic mass is 32.2. The molecule has 2 aromatic carbocycles. The third-order valence-corrected chi connectivity index (χ3v) is 5.96. The van der Waals surface area contributed by atoms with E-state index in [1.807, 2.05) is 48.5 Å². The van der Waals surface area contributed by atoms with Crippen molar-refractivity contribution in [3.05, 3.63) is 83.3 Å². The molecule has 1 aliphatic rings. The summed E-state index contributed by atoms with van der Waals surface area (Å²) >= 11 is 0. The van der Waals surface area contributed by atoms with E-state index in [1.165, 1.54) is 11.0 Å². The lowest BCUT2D eigenvalue weighted by Gasteiger charge is -2.32. The molecule has 0 radical (unpaired) electrons. The van der Waals surface area contributed by atoms with Gasteiger partial charge in [-0.25, -0.2) is 8.42 Å². The molecule has 1 heterocycles. The third kappa shape index (κ3) is 5.39. The van der Waals surface area contributed by atoms with E-state index in [2.05, 4.69) is 29.2 Å². The Morgan fingerprint density at radius 2 is 1.31 bits per heavy atom. The second kappa shape index (κ2) is 8.94. The van der Waals surface area contributed by atoms with Crippen LogP contribution in [0.15, 0.2) is 72.1 Å². The van der Waals surface area contributed by atoms with E-state index in [1.54, 1.807) is 10.4 Å². The van der Waals surface area contributed by atoms with Crippen LogP contribution in [0, 0.1) is 0 Å². The second-order valence-corrected chi connectivity index (χ2v) is 8.09. The van der Waals surface area contributed by atoms with Gasteiger partial charge in [-0.05, 0) is 17.2 Å². The summed E-state index contributed by atoms with van der Waals surface area (Å²) in [6.45, 7) is 3.39. The fraction of sp³-hybridized carbons (Fsp3) is 0.238. The molecule has 5 heteroatoms. The van der Waals surface area contributed by atoms with Crippen molar-refractivity contribution >= 4 is 22.2 Å². The molecule has 3 rings (SSSR count). The van der Waals surface area contributed by atoms with Crippen LogP contribution < -0.4 is 0 Å². The molecule has 0 spiro atoms. The molecule has 0 unspecified atom stereocenters. The molecular formula is C21H24N2O2S. The van der Waals surface area contributed by atoms with Gasteiger partial charge in [-0.15, -0.1) is 0 Å². The number of rotatable bonds is 6. The molecule has 136 valence electrons. The van der Waals surface area contributed by atoms with Crippen molar-refractivity contribution in [2.45, 2.75) is 0 Å². The predicted molar refractivity (Wildman–Crippen MR) is 108 cm³/mol. The number of benzene rings is 2. The summed E-state index contributed by atoms with van der Waals surface area (Å²) in [4.78, 5) is 2.27. The highest BCUT2D eigenvalue weighted by Crippen LogP contribution is 2.12. The van der Waals surface area contributed by atoms with Crippen LogP contribution in [0.25, 0.3) is 12.2 Å². The van der Waals surface area contributed by atoms with Crippen molar-refractivity contribution in [2.75, 3.05) is 32.7 Å². The highest BCUT2D eigenvalue weighted by molar-refractivity contribution is 7.92. The average Bonchev–Trinajstić information content (AvgIpc) is 2.69. The lowest BCUT2D eigenvalue weighted by molar-refractivity contribution is 0.206. The van der Waals surface area contributed by atoms with Crippen LogP contribution in [0.5, 0.6) is 0 Å². The predicted octanol–water partition coefficient (Wildman–Crippen LogP) is 3.32. The number of sulfonamides is 1. The zero-order chi connectivity index (χ0) is 18.2. The molecule has 0 bridgehead atoms. The van der Waals surface area contributed by atoms with Crippen LogP contribution >= 0.6 is 0 Å². The first kappa shape index (κ1) is 18.6. The van der Waals surface area contributed by atoms with E-state index < -0.39 is 10.0 Å². The van der Waals surface area contributed by atoms with Crippen molar-refractivity contribution in [3.8, 4) is 0 Å². The minimum Gasteiger partial charge on any atom is -0.297 e. The van der Waals surface area contributed by atoms with Crippen molar-refractivity contribution in [1.82, 2.24) is 9.21 Å². The van der Waals surface area contributed by atoms with Crippen molar-refractivity contribution in [2.24, 2.45) is 0 Å². The van der Waals surface area contributed by atoms with E-state index in [-0.39, 0.29) is 0 Å². The summed E-state index contributed by atoms with van der Waals surface area (Å²) in [5, 5.41) is 1.31. The summed E-state index contributed by atoms with van der Waals surface area (Å²) in [6.07, 6.45) is 5.89. The molecule has 0 N–H and O–H groups in total. The van der Waals surface area contributed by atoms with Gasteiger partial charge < -0.3 is 0 Å². The van der Waals surface area contributed by atoms with Gasteiger partial charge in [-0.2, -0.15) is 4.31 Å². The number of hydrogen-bond donors (Lipinski definition) is 0. The molecule has 26 heavy (non-hydrogen) atoms. The molecule has 2 aromatic rings. The maximum atomic E-state index is 12.5. The summed E-state index contributed by atoms with van der Waals surface area (Å²) in [7, 11) is -3.36. The number of piperazine rings is 1. The molecule has 1 aliphatic heterocycles. The zero-order valence-electron chi connectivity index (χ0n) is 14.7. The molecule has 0 amide bonds. The fourth-order valence-corrected chi connectivity index (χ4v) is 4.06. The lowest BCUT2D eigenvalue weighted by atomic mass is 10.2. The van der Waals surface area contributed by atoms with Crippen molar-refractivity contribution in [1.29, 1.82) is 0 Å². The van der Waals surface area contributed by atoms with Crippen LogP contribution in [0.3, 0.4) is 0 Å². The van der Waals surface area contributed by atoms with E-state index in [9.17, 15) is 8.42 Å². The molecule has 1 saturated heterocycles. The summed E-state index contributed by atoms with van der Waals surface area (Å²) in [5.41, 5.74) is 2.07. The molecule has 1 fully saturated rings. The quantitative estimate of drug-likeness (QED) is 0.785. The zero-order valence-corrected chi connectivity index (χ0v) is 15.6. The molecule has 0 aromatic heterocycles. The largest absolute Gasteiger partial charge is 0.297 e. The molecule has 4 nitrogen and oxygen atoms in total.